The Kier molecular flexibility index (Phi) is 6.99. The molecule has 34 heavy (non-hydrogen) atoms. The number of benzene rings is 2. The van der Waals surface area contributed by atoms with E-state index >= 15 is 0 Å². The highest BCUT2D eigenvalue weighted by Gasteiger charge is 2.37. The van der Waals surface area contributed by atoms with E-state index in [2.05, 4.69) is 16.7 Å². The molecule has 0 aromatic heterocycles. The molecular formula is C27H25N3O3S. The number of hydrogen-bond acceptors (Lipinski definition) is 6. The molecule has 0 saturated heterocycles. The molecule has 0 radical (unpaired) electrons. The minimum atomic E-state index is -0.431. The van der Waals surface area contributed by atoms with Crippen molar-refractivity contribution in [3.63, 3.8) is 0 Å². The Balaban J connectivity index is 1.58. The average molecular weight is 472 g/mol. The predicted molar refractivity (Wildman–Crippen MR) is 133 cm³/mol. The van der Waals surface area contributed by atoms with E-state index in [1.807, 2.05) is 31.2 Å². The third kappa shape index (κ3) is 4.82. The smallest absolute Gasteiger partial charge is 0.234 e. The first-order valence-electron chi connectivity index (χ1n) is 11.2. The number of ketones is 2. The Bertz CT molecular complexity index is 1270. The Morgan fingerprint density at radius 1 is 1.15 bits per heavy atom. The summed E-state index contributed by atoms with van der Waals surface area (Å²) in [5, 5.41) is 16.9. The van der Waals surface area contributed by atoms with Crippen LogP contribution in [-0.4, -0.2) is 23.2 Å². The van der Waals surface area contributed by atoms with Gasteiger partial charge in [-0.3, -0.25) is 14.4 Å². The van der Waals surface area contributed by atoms with Crippen LogP contribution in [-0.2, 0) is 9.59 Å². The molecule has 1 aliphatic heterocycles. The fourth-order valence-electron chi connectivity index (χ4n) is 4.38. The van der Waals surface area contributed by atoms with Crippen LogP contribution in [0.25, 0.3) is 0 Å². The zero-order chi connectivity index (χ0) is 24.2. The second kappa shape index (κ2) is 10.1. The zero-order valence-electron chi connectivity index (χ0n) is 19.1. The maximum atomic E-state index is 12.9. The van der Waals surface area contributed by atoms with Gasteiger partial charge in [0.15, 0.2) is 11.6 Å². The first-order chi connectivity index (χ1) is 16.4. The maximum absolute atomic E-state index is 12.9. The third-order valence-electron chi connectivity index (χ3n) is 6.09. The average Bonchev–Trinajstić information content (AvgIpc) is 2.82. The first kappa shape index (κ1) is 23.5. The number of anilines is 1. The van der Waals surface area contributed by atoms with E-state index in [-0.39, 0.29) is 23.2 Å². The molecule has 0 bridgehead atoms. The Morgan fingerprint density at radius 2 is 1.88 bits per heavy atom. The Labute approximate surface area is 203 Å². The molecule has 1 amide bonds. The van der Waals surface area contributed by atoms with Crippen molar-refractivity contribution in [2.24, 2.45) is 0 Å². The molecule has 2 aromatic rings. The van der Waals surface area contributed by atoms with Crippen LogP contribution >= 0.6 is 11.8 Å². The molecular weight excluding hydrogens is 446 g/mol. The molecule has 1 aliphatic carbocycles. The van der Waals surface area contributed by atoms with Crippen molar-refractivity contribution < 1.29 is 14.4 Å². The highest BCUT2D eigenvalue weighted by Crippen LogP contribution is 2.44. The van der Waals surface area contributed by atoms with Crippen LogP contribution in [0.5, 0.6) is 0 Å². The quantitative estimate of drug-likeness (QED) is 0.576. The van der Waals surface area contributed by atoms with Gasteiger partial charge >= 0.3 is 0 Å². The molecule has 2 aromatic carbocycles. The van der Waals surface area contributed by atoms with E-state index < -0.39 is 5.92 Å². The van der Waals surface area contributed by atoms with Crippen molar-refractivity contribution in [3.05, 3.63) is 87.1 Å². The van der Waals surface area contributed by atoms with Crippen LogP contribution < -0.4 is 10.6 Å². The van der Waals surface area contributed by atoms with Crippen molar-refractivity contribution >= 4 is 34.9 Å². The van der Waals surface area contributed by atoms with Crippen LogP contribution in [0.15, 0.2) is 70.4 Å². The molecule has 2 aliphatic rings. The summed E-state index contributed by atoms with van der Waals surface area (Å²) in [6.45, 7) is 3.48. The first-order valence-corrected chi connectivity index (χ1v) is 12.1. The monoisotopic (exact) mass is 471 g/mol. The molecule has 172 valence electrons. The van der Waals surface area contributed by atoms with Gasteiger partial charge in [-0.1, -0.05) is 36.0 Å². The number of amides is 1. The topological polar surface area (TPSA) is 99.1 Å². The number of rotatable bonds is 6. The Morgan fingerprint density at radius 3 is 2.56 bits per heavy atom. The summed E-state index contributed by atoms with van der Waals surface area (Å²) in [7, 11) is 0. The van der Waals surface area contributed by atoms with Gasteiger partial charge in [0.1, 0.15) is 0 Å². The number of hydrogen-bond donors (Lipinski definition) is 2. The number of nitrogens with zero attached hydrogens (tertiary/aromatic N) is 1. The highest BCUT2D eigenvalue weighted by molar-refractivity contribution is 8.03. The normalized spacial score (nSPS) is 17.6. The van der Waals surface area contributed by atoms with Gasteiger partial charge in [0.05, 0.1) is 28.3 Å². The molecule has 0 unspecified atom stereocenters. The minimum absolute atomic E-state index is 0.0362. The predicted octanol–water partition coefficient (Wildman–Crippen LogP) is 5.00. The lowest BCUT2D eigenvalue weighted by molar-refractivity contribution is -0.116. The van der Waals surface area contributed by atoms with E-state index in [0.717, 1.165) is 29.7 Å². The van der Waals surface area contributed by atoms with Gasteiger partial charge in [-0.15, -0.1) is 0 Å². The van der Waals surface area contributed by atoms with Gasteiger partial charge in [-0.05, 0) is 62.1 Å². The summed E-state index contributed by atoms with van der Waals surface area (Å²) in [6, 6.07) is 16.9. The number of thioether (sulfide) groups is 1. The minimum Gasteiger partial charge on any atom is -0.352 e. The molecule has 1 heterocycles. The maximum Gasteiger partial charge on any atom is 0.234 e. The summed E-state index contributed by atoms with van der Waals surface area (Å²) in [5.74, 6) is -0.519. The van der Waals surface area contributed by atoms with Gasteiger partial charge in [-0.2, -0.15) is 5.26 Å². The van der Waals surface area contributed by atoms with Gasteiger partial charge in [0.25, 0.3) is 0 Å². The van der Waals surface area contributed by atoms with E-state index in [1.165, 1.54) is 18.7 Å². The van der Waals surface area contributed by atoms with Crippen LogP contribution in [0.3, 0.4) is 0 Å². The second-order valence-corrected chi connectivity index (χ2v) is 9.39. The second-order valence-electron chi connectivity index (χ2n) is 8.41. The van der Waals surface area contributed by atoms with Crippen LogP contribution in [0.4, 0.5) is 5.69 Å². The summed E-state index contributed by atoms with van der Waals surface area (Å²) < 4.78 is 0. The number of dihydropyridines is 1. The summed E-state index contributed by atoms with van der Waals surface area (Å²) >= 11 is 1.26. The fraction of sp³-hybridized carbons (Fsp3) is 0.259. The van der Waals surface area contributed by atoms with E-state index in [1.54, 1.807) is 24.3 Å². The zero-order valence-corrected chi connectivity index (χ0v) is 19.9. The van der Waals surface area contributed by atoms with Crippen molar-refractivity contribution in [1.29, 1.82) is 5.26 Å². The van der Waals surface area contributed by atoms with Gasteiger partial charge in [0.2, 0.25) is 5.91 Å². The largest absolute Gasteiger partial charge is 0.352 e. The van der Waals surface area contributed by atoms with Crippen LogP contribution in [0, 0.1) is 18.3 Å². The Hall–Kier alpha value is -3.63. The van der Waals surface area contributed by atoms with Gasteiger partial charge in [-0.25, -0.2) is 0 Å². The number of allylic oxidation sites excluding steroid dienone is 3. The van der Waals surface area contributed by atoms with Gasteiger partial charge in [0, 0.05) is 28.9 Å². The van der Waals surface area contributed by atoms with Crippen molar-refractivity contribution in [2.45, 2.75) is 39.0 Å². The van der Waals surface area contributed by atoms with Gasteiger partial charge < -0.3 is 10.6 Å². The molecule has 0 saturated carbocycles. The molecule has 7 heteroatoms. The summed E-state index contributed by atoms with van der Waals surface area (Å²) in [6.07, 6.45) is 1.98. The molecule has 6 nitrogen and oxygen atoms in total. The standard InChI is InChI=1S/C27H25N3O3S/c1-16-6-3-4-7-20(16)25-21(14-28)27(30-22-8-5-9-23(32)26(22)25)34-15-24(33)29-19-12-10-18(11-13-19)17(2)31/h3-4,6-7,10-13,25,30H,5,8-9,15H2,1-2H3,(H,29,33)/t25-/m0/s1. The SMILES string of the molecule is CC(=O)c1ccc(NC(=O)CSC2=C(C#N)[C@H](c3ccccc3C)C3=C(CCCC3=O)N2)cc1. The summed E-state index contributed by atoms with van der Waals surface area (Å²) in [5.41, 5.74) is 5.13. The van der Waals surface area contributed by atoms with E-state index in [4.69, 9.17) is 0 Å². The lowest BCUT2D eigenvalue weighted by Gasteiger charge is -2.33. The number of nitrogens with one attached hydrogen (secondary N) is 2. The van der Waals surface area contributed by atoms with Crippen molar-refractivity contribution in [1.82, 2.24) is 5.32 Å². The summed E-state index contributed by atoms with van der Waals surface area (Å²) in [4.78, 5) is 36.9. The van der Waals surface area contributed by atoms with E-state index in [0.29, 0.717) is 33.8 Å². The number of carbonyl (C=O) groups is 3. The molecule has 0 fully saturated rings. The van der Waals surface area contributed by atoms with Crippen molar-refractivity contribution in [2.75, 3.05) is 11.1 Å². The molecule has 2 N–H and O–H groups in total. The van der Waals surface area contributed by atoms with E-state index in [9.17, 15) is 19.6 Å². The molecule has 1 atom stereocenters. The number of aryl methyl sites for hydroxylation is 1. The molecule has 4 rings (SSSR count). The number of carbonyl (C=O) groups excluding carboxylic acids is 3. The lowest BCUT2D eigenvalue weighted by Crippen LogP contribution is -2.32. The number of nitriles is 1. The van der Waals surface area contributed by atoms with Crippen LogP contribution in [0.1, 0.15) is 53.6 Å². The van der Waals surface area contributed by atoms with Crippen LogP contribution in [0.2, 0.25) is 0 Å². The third-order valence-corrected chi connectivity index (χ3v) is 7.10. The highest BCUT2D eigenvalue weighted by atomic mass is 32.2. The van der Waals surface area contributed by atoms with Crippen molar-refractivity contribution in [3.8, 4) is 6.07 Å². The lowest BCUT2D eigenvalue weighted by atomic mass is 9.76. The number of Topliss-reactive ketones (excluding diaryl/α,β-unsaturated/α-hetero) is 2. The molecule has 0 spiro atoms. The fourth-order valence-corrected chi connectivity index (χ4v) is 5.24.